The van der Waals surface area contributed by atoms with E-state index in [9.17, 15) is 0 Å². The van der Waals surface area contributed by atoms with Crippen molar-refractivity contribution in [2.45, 2.75) is 19.6 Å². The van der Waals surface area contributed by atoms with Crippen LogP contribution in [-0.2, 0) is 0 Å². The highest BCUT2D eigenvalue weighted by Gasteiger charge is 2.33. The van der Waals surface area contributed by atoms with Gasteiger partial charge in [-0.1, -0.05) is 97.1 Å². The molecule has 0 radical (unpaired) electrons. The molecular weight excluding hydrogens is 543 g/mol. The highest BCUT2D eigenvalue weighted by Crippen LogP contribution is 2.73. The molecule has 0 fully saturated rings. The lowest BCUT2D eigenvalue weighted by Gasteiger charge is -2.42. The first-order valence-corrected chi connectivity index (χ1v) is 15.9. The van der Waals surface area contributed by atoms with Gasteiger partial charge >= 0.3 is 0 Å². The van der Waals surface area contributed by atoms with Crippen molar-refractivity contribution in [2.75, 3.05) is 0 Å². The first-order chi connectivity index (χ1) is 21.3. The van der Waals surface area contributed by atoms with Gasteiger partial charge in [-0.2, -0.15) is 0 Å². The van der Waals surface area contributed by atoms with Crippen molar-refractivity contribution in [3.05, 3.63) is 176 Å². The Hall–Kier alpha value is -5.32. The molecule has 4 heteroatoms. The lowest BCUT2D eigenvalue weighted by Crippen LogP contribution is -2.05. The zero-order valence-electron chi connectivity index (χ0n) is 23.5. The van der Waals surface area contributed by atoms with Gasteiger partial charge in [-0.25, -0.2) is 9.97 Å². The molecule has 0 aliphatic rings. The fourth-order valence-electron chi connectivity index (χ4n) is 5.51. The highest BCUT2D eigenvalue weighted by atomic mass is 32.3. The van der Waals surface area contributed by atoms with Crippen LogP contribution in [0.3, 0.4) is 0 Å². The monoisotopic (exact) mass is 571 g/mol. The van der Waals surface area contributed by atoms with Crippen molar-refractivity contribution in [3.63, 3.8) is 0 Å². The first-order valence-electron chi connectivity index (χ1n) is 14.3. The van der Waals surface area contributed by atoms with E-state index in [1.807, 2.05) is 42.6 Å². The second kappa shape index (κ2) is 11.9. The average Bonchev–Trinajstić information content (AvgIpc) is 3.11. The van der Waals surface area contributed by atoms with E-state index in [0.717, 1.165) is 28.1 Å². The molecule has 0 atom stereocenters. The molecule has 0 aliphatic heterocycles. The molecule has 0 aliphatic carbocycles. The molecule has 0 N–H and O–H groups in total. The molecule has 0 amide bonds. The van der Waals surface area contributed by atoms with Crippen LogP contribution in [0.25, 0.3) is 33.9 Å². The highest BCUT2D eigenvalue weighted by molar-refractivity contribution is 8.34. The molecule has 0 bridgehead atoms. The van der Waals surface area contributed by atoms with Gasteiger partial charge in [-0.05, 0) is 66.7 Å². The fourth-order valence-corrected chi connectivity index (χ4v) is 9.43. The summed E-state index contributed by atoms with van der Waals surface area (Å²) in [4.78, 5) is 19.6. The molecular formula is C39H29N3S. The summed E-state index contributed by atoms with van der Waals surface area (Å²) in [6.45, 7) is 0. The third-order valence-electron chi connectivity index (χ3n) is 7.49. The molecule has 206 valence electrons. The van der Waals surface area contributed by atoms with Crippen molar-refractivity contribution >= 4 is 10.0 Å². The summed E-state index contributed by atoms with van der Waals surface area (Å²) in [5, 5.41) is 0. The van der Waals surface area contributed by atoms with Crippen LogP contribution in [0.5, 0.6) is 0 Å². The molecule has 5 aromatic carbocycles. The van der Waals surface area contributed by atoms with Gasteiger partial charge in [0, 0.05) is 48.7 Å². The molecule has 2 heterocycles. The number of aromatic nitrogens is 3. The zero-order chi connectivity index (χ0) is 28.9. The van der Waals surface area contributed by atoms with E-state index in [-0.39, 0.29) is 0 Å². The molecule has 0 spiro atoms. The SMILES string of the molecule is c1ccc(-c2cc(-c3cccnc3)nc(-c3cccc(S(c4ccccc4)(c4ccccc4)c4ccccc4)c3)n2)cc1. The van der Waals surface area contributed by atoms with Gasteiger partial charge in [0.1, 0.15) is 0 Å². The second-order valence-corrected chi connectivity index (χ2v) is 13.3. The number of rotatable bonds is 7. The van der Waals surface area contributed by atoms with E-state index in [2.05, 4.69) is 132 Å². The van der Waals surface area contributed by atoms with Gasteiger partial charge in [0.05, 0.1) is 11.4 Å². The zero-order valence-corrected chi connectivity index (χ0v) is 24.3. The molecule has 7 rings (SSSR count). The lowest BCUT2D eigenvalue weighted by molar-refractivity contribution is 1.17. The van der Waals surface area contributed by atoms with E-state index >= 15 is 0 Å². The summed E-state index contributed by atoms with van der Waals surface area (Å²) in [7, 11) is -1.83. The van der Waals surface area contributed by atoms with Crippen LogP contribution in [0.1, 0.15) is 0 Å². The molecule has 7 aromatic rings. The van der Waals surface area contributed by atoms with Crippen molar-refractivity contribution in [3.8, 4) is 33.9 Å². The smallest absolute Gasteiger partial charge is 0.160 e. The Bertz CT molecular complexity index is 1790. The number of hydrogen-bond donors (Lipinski definition) is 0. The molecule has 0 unspecified atom stereocenters. The molecule has 43 heavy (non-hydrogen) atoms. The minimum atomic E-state index is -1.83. The van der Waals surface area contributed by atoms with Gasteiger partial charge in [-0.3, -0.25) is 4.98 Å². The Morgan fingerprint density at radius 1 is 0.372 bits per heavy atom. The van der Waals surface area contributed by atoms with E-state index in [0.29, 0.717) is 5.82 Å². The van der Waals surface area contributed by atoms with Crippen LogP contribution in [-0.4, -0.2) is 15.0 Å². The van der Waals surface area contributed by atoms with Crippen LogP contribution in [0, 0.1) is 0 Å². The Balaban J connectivity index is 1.48. The molecule has 2 aromatic heterocycles. The maximum Gasteiger partial charge on any atom is 0.160 e. The largest absolute Gasteiger partial charge is 0.264 e. The van der Waals surface area contributed by atoms with Crippen molar-refractivity contribution in [1.29, 1.82) is 0 Å². The van der Waals surface area contributed by atoms with Gasteiger partial charge in [0.2, 0.25) is 0 Å². The average molecular weight is 572 g/mol. The maximum absolute atomic E-state index is 5.12. The Morgan fingerprint density at radius 3 is 1.37 bits per heavy atom. The minimum absolute atomic E-state index is 0.685. The molecule has 3 nitrogen and oxygen atoms in total. The maximum atomic E-state index is 5.12. The number of hydrogen-bond acceptors (Lipinski definition) is 3. The standard InChI is InChI=1S/C39H29N3S/c1-5-15-30(16-6-1)37-28-38(32-18-14-26-40-29-32)42-39(41-37)31-17-13-25-36(27-31)43(33-19-7-2-8-20-33,34-21-9-3-10-22-34)35-23-11-4-12-24-35/h1-29H. The van der Waals surface area contributed by atoms with E-state index in [1.165, 1.54) is 19.6 Å². The summed E-state index contributed by atoms with van der Waals surface area (Å²) in [5.74, 6) is 0.685. The van der Waals surface area contributed by atoms with Crippen LogP contribution in [0.2, 0.25) is 0 Å². The van der Waals surface area contributed by atoms with E-state index in [4.69, 9.17) is 9.97 Å². The van der Waals surface area contributed by atoms with Gasteiger partial charge < -0.3 is 0 Å². The summed E-state index contributed by atoms with van der Waals surface area (Å²) in [6, 6.07) is 57.8. The van der Waals surface area contributed by atoms with Crippen LogP contribution in [0.15, 0.2) is 196 Å². The van der Waals surface area contributed by atoms with Crippen molar-refractivity contribution in [2.24, 2.45) is 0 Å². The normalized spacial score (nSPS) is 11.6. The topological polar surface area (TPSA) is 38.7 Å². The predicted molar refractivity (Wildman–Crippen MR) is 176 cm³/mol. The third kappa shape index (κ3) is 5.14. The van der Waals surface area contributed by atoms with Crippen molar-refractivity contribution < 1.29 is 0 Å². The second-order valence-electron chi connectivity index (χ2n) is 10.1. The van der Waals surface area contributed by atoms with Crippen LogP contribution >= 0.6 is 10.0 Å². The summed E-state index contributed by atoms with van der Waals surface area (Å²) >= 11 is 0. The van der Waals surface area contributed by atoms with E-state index < -0.39 is 10.0 Å². The molecule has 0 saturated carbocycles. The number of pyridine rings is 1. The third-order valence-corrected chi connectivity index (χ3v) is 11.4. The number of benzene rings is 5. The Morgan fingerprint density at radius 2 is 0.837 bits per heavy atom. The summed E-state index contributed by atoms with van der Waals surface area (Å²) in [6.07, 6.45) is 3.64. The minimum Gasteiger partial charge on any atom is -0.264 e. The predicted octanol–water partition coefficient (Wildman–Crippen LogP) is 10.2. The number of nitrogens with zero attached hydrogens (tertiary/aromatic N) is 3. The molecule has 0 saturated heterocycles. The quantitative estimate of drug-likeness (QED) is 0.191. The van der Waals surface area contributed by atoms with Gasteiger partial charge in [0.25, 0.3) is 0 Å². The summed E-state index contributed by atoms with van der Waals surface area (Å²) in [5.41, 5.74) is 4.69. The fraction of sp³-hybridized carbons (Fsp3) is 0. The Kier molecular flexibility index (Phi) is 7.34. The first kappa shape index (κ1) is 26.6. The van der Waals surface area contributed by atoms with Crippen LogP contribution < -0.4 is 0 Å². The van der Waals surface area contributed by atoms with Crippen LogP contribution in [0.4, 0.5) is 0 Å². The van der Waals surface area contributed by atoms with Gasteiger partial charge in [-0.15, -0.1) is 10.0 Å². The Labute approximate surface area is 253 Å². The summed E-state index contributed by atoms with van der Waals surface area (Å²) < 4.78 is 0. The van der Waals surface area contributed by atoms with E-state index in [1.54, 1.807) is 6.20 Å². The van der Waals surface area contributed by atoms with Gasteiger partial charge in [0.15, 0.2) is 5.82 Å². The van der Waals surface area contributed by atoms with Crippen molar-refractivity contribution in [1.82, 2.24) is 15.0 Å². The lowest BCUT2D eigenvalue weighted by atomic mass is 10.1.